The maximum Gasteiger partial charge on any atom is 0.251 e. The maximum absolute atomic E-state index is 12.2. The molecule has 0 aliphatic carbocycles. The zero-order chi connectivity index (χ0) is 19.2. The van der Waals surface area contributed by atoms with E-state index in [1.807, 2.05) is 0 Å². The van der Waals surface area contributed by atoms with Crippen LogP contribution in [0.1, 0.15) is 37.6 Å². The smallest absolute Gasteiger partial charge is 0.251 e. The highest BCUT2D eigenvalue weighted by atomic mass is 32.2. The molecule has 0 saturated carbocycles. The molecule has 1 aromatic carbocycles. The third kappa shape index (κ3) is 5.53. The van der Waals surface area contributed by atoms with E-state index in [2.05, 4.69) is 22.0 Å². The highest BCUT2D eigenvalue weighted by Gasteiger charge is 2.19. The number of sulfone groups is 1. The summed E-state index contributed by atoms with van der Waals surface area (Å²) in [4.78, 5) is 17.3. The van der Waals surface area contributed by atoms with E-state index in [4.69, 9.17) is 0 Å². The highest BCUT2D eigenvalue weighted by Crippen LogP contribution is 2.16. The van der Waals surface area contributed by atoms with Gasteiger partial charge >= 0.3 is 0 Å². The largest absolute Gasteiger partial charge is 0.352 e. The quantitative estimate of drug-likeness (QED) is 0.693. The van der Waals surface area contributed by atoms with Gasteiger partial charge in [-0.1, -0.05) is 6.92 Å². The fourth-order valence-corrected chi connectivity index (χ4v) is 4.06. The molecule has 6 nitrogen and oxygen atoms in total. The van der Waals surface area contributed by atoms with Crippen LogP contribution in [0, 0.1) is 0 Å². The second-order valence-corrected chi connectivity index (χ2v) is 9.51. The molecule has 0 aromatic heterocycles. The number of nitrogens with zero attached hydrogens (tertiary/aromatic N) is 2. The van der Waals surface area contributed by atoms with Crippen molar-refractivity contribution in [2.75, 3.05) is 45.8 Å². The first kappa shape index (κ1) is 20.9. The van der Waals surface area contributed by atoms with E-state index < -0.39 is 15.1 Å². The van der Waals surface area contributed by atoms with E-state index >= 15 is 0 Å². The van der Waals surface area contributed by atoms with Gasteiger partial charge in [0.05, 0.1) is 10.1 Å². The molecule has 1 saturated heterocycles. The van der Waals surface area contributed by atoms with Crippen molar-refractivity contribution in [2.45, 2.75) is 37.3 Å². The molecular weight excluding hydrogens is 350 g/mol. The van der Waals surface area contributed by atoms with Crippen molar-refractivity contribution in [2.24, 2.45) is 0 Å². The summed E-state index contributed by atoms with van der Waals surface area (Å²) in [6.45, 7) is 12.6. The number of carbonyl (C=O) groups excluding carboxylic acids is 1. The minimum absolute atomic E-state index is 0.158. The van der Waals surface area contributed by atoms with Gasteiger partial charge in [0.2, 0.25) is 0 Å². The SMILES string of the molecule is CCN1CCN(CCCNC(=O)c2ccc(S(=O)(=O)C(C)C)cc2)CC1. The van der Waals surface area contributed by atoms with Crippen LogP contribution in [0.2, 0.25) is 0 Å². The molecule has 146 valence electrons. The molecule has 2 rings (SSSR count). The number of carbonyl (C=O) groups is 1. The third-order valence-electron chi connectivity index (χ3n) is 4.91. The maximum atomic E-state index is 12.2. The van der Waals surface area contributed by atoms with Gasteiger partial charge in [-0.05, 0) is 57.6 Å². The van der Waals surface area contributed by atoms with Crippen LogP contribution in [0.5, 0.6) is 0 Å². The lowest BCUT2D eigenvalue weighted by molar-refractivity contribution is 0.0948. The molecule has 1 heterocycles. The number of nitrogens with one attached hydrogen (secondary N) is 1. The van der Waals surface area contributed by atoms with Gasteiger partial charge in [-0.2, -0.15) is 0 Å². The van der Waals surface area contributed by atoms with Gasteiger partial charge in [-0.3, -0.25) is 4.79 Å². The minimum Gasteiger partial charge on any atom is -0.352 e. The van der Waals surface area contributed by atoms with Gasteiger partial charge in [0.1, 0.15) is 0 Å². The van der Waals surface area contributed by atoms with Gasteiger partial charge < -0.3 is 15.1 Å². The Balaban J connectivity index is 1.75. The van der Waals surface area contributed by atoms with Crippen LogP contribution >= 0.6 is 0 Å². The highest BCUT2D eigenvalue weighted by molar-refractivity contribution is 7.92. The van der Waals surface area contributed by atoms with Gasteiger partial charge in [0.25, 0.3) is 5.91 Å². The second-order valence-electron chi connectivity index (χ2n) is 7.00. The number of amides is 1. The fraction of sp³-hybridized carbons (Fsp3) is 0.632. The summed E-state index contributed by atoms with van der Waals surface area (Å²) in [5.74, 6) is -0.158. The third-order valence-corrected chi connectivity index (χ3v) is 7.08. The standard InChI is InChI=1S/C19H31N3O3S/c1-4-21-12-14-22(15-13-21)11-5-10-20-19(23)17-6-8-18(9-7-17)26(24,25)16(2)3/h6-9,16H,4-5,10-15H2,1-3H3,(H,20,23). The van der Waals surface area contributed by atoms with E-state index in [9.17, 15) is 13.2 Å². The average Bonchev–Trinajstić information content (AvgIpc) is 2.65. The number of hydrogen-bond donors (Lipinski definition) is 1. The predicted octanol–water partition coefficient (Wildman–Crippen LogP) is 1.63. The lowest BCUT2D eigenvalue weighted by Crippen LogP contribution is -2.46. The molecule has 1 amide bonds. The van der Waals surface area contributed by atoms with E-state index in [0.717, 1.165) is 45.7 Å². The number of hydrogen-bond acceptors (Lipinski definition) is 5. The Bertz CT molecular complexity index is 678. The molecular formula is C19H31N3O3S. The molecule has 7 heteroatoms. The molecule has 1 aliphatic heterocycles. The molecule has 0 spiro atoms. The van der Waals surface area contributed by atoms with Crippen LogP contribution in [0.3, 0.4) is 0 Å². The molecule has 1 N–H and O–H groups in total. The lowest BCUT2D eigenvalue weighted by Gasteiger charge is -2.33. The summed E-state index contributed by atoms with van der Waals surface area (Å²) in [5, 5.41) is 2.44. The summed E-state index contributed by atoms with van der Waals surface area (Å²) in [6.07, 6.45) is 0.914. The van der Waals surface area contributed by atoms with E-state index in [1.54, 1.807) is 26.0 Å². The fourth-order valence-electron chi connectivity index (χ4n) is 3.00. The summed E-state index contributed by atoms with van der Waals surface area (Å²) in [6, 6.07) is 6.18. The summed E-state index contributed by atoms with van der Waals surface area (Å²) in [7, 11) is -3.30. The first-order chi connectivity index (χ1) is 12.3. The molecule has 26 heavy (non-hydrogen) atoms. The van der Waals surface area contributed by atoms with Crippen molar-refractivity contribution in [3.63, 3.8) is 0 Å². The van der Waals surface area contributed by atoms with Crippen molar-refractivity contribution in [1.29, 1.82) is 0 Å². The first-order valence-electron chi connectivity index (χ1n) is 9.41. The molecule has 0 unspecified atom stereocenters. The van der Waals surface area contributed by atoms with Crippen LogP contribution < -0.4 is 5.32 Å². The molecule has 1 aliphatic rings. The van der Waals surface area contributed by atoms with Crippen molar-refractivity contribution in [3.05, 3.63) is 29.8 Å². The number of piperazine rings is 1. The Labute approximate surface area is 157 Å². The number of benzene rings is 1. The van der Waals surface area contributed by atoms with E-state index in [1.165, 1.54) is 12.1 Å². The van der Waals surface area contributed by atoms with Crippen molar-refractivity contribution >= 4 is 15.7 Å². The van der Waals surface area contributed by atoms with Gasteiger partial charge in [-0.25, -0.2) is 8.42 Å². The van der Waals surface area contributed by atoms with Crippen LogP contribution in [0.25, 0.3) is 0 Å². The molecule has 0 radical (unpaired) electrons. The Morgan fingerprint density at radius 3 is 2.19 bits per heavy atom. The van der Waals surface area contributed by atoms with Crippen LogP contribution in [0.15, 0.2) is 29.2 Å². The Morgan fingerprint density at radius 1 is 1.08 bits per heavy atom. The summed E-state index contributed by atoms with van der Waals surface area (Å²) < 4.78 is 24.2. The zero-order valence-electron chi connectivity index (χ0n) is 16.1. The van der Waals surface area contributed by atoms with Crippen molar-refractivity contribution < 1.29 is 13.2 Å². The Morgan fingerprint density at radius 2 is 1.65 bits per heavy atom. The van der Waals surface area contributed by atoms with Crippen LogP contribution in [0.4, 0.5) is 0 Å². The van der Waals surface area contributed by atoms with Crippen molar-refractivity contribution in [3.8, 4) is 0 Å². The predicted molar refractivity (Wildman–Crippen MR) is 104 cm³/mol. The second kappa shape index (κ2) is 9.48. The molecule has 0 atom stereocenters. The van der Waals surface area contributed by atoms with Crippen LogP contribution in [-0.2, 0) is 9.84 Å². The Kier molecular flexibility index (Phi) is 7.61. The minimum atomic E-state index is -3.30. The zero-order valence-corrected chi connectivity index (χ0v) is 16.9. The Hall–Kier alpha value is -1.44. The summed E-state index contributed by atoms with van der Waals surface area (Å²) >= 11 is 0. The molecule has 1 fully saturated rings. The number of rotatable bonds is 8. The number of likely N-dealkylation sites (N-methyl/N-ethyl adjacent to an activating group) is 1. The van der Waals surface area contributed by atoms with Gasteiger partial charge in [0, 0.05) is 38.3 Å². The van der Waals surface area contributed by atoms with Crippen LogP contribution in [-0.4, -0.2) is 75.2 Å². The first-order valence-corrected chi connectivity index (χ1v) is 11.0. The molecule has 0 bridgehead atoms. The molecule has 1 aromatic rings. The topological polar surface area (TPSA) is 69.7 Å². The van der Waals surface area contributed by atoms with E-state index in [-0.39, 0.29) is 10.8 Å². The lowest BCUT2D eigenvalue weighted by atomic mass is 10.2. The normalized spacial score (nSPS) is 16.8. The van der Waals surface area contributed by atoms with Gasteiger partial charge in [-0.15, -0.1) is 0 Å². The van der Waals surface area contributed by atoms with Crippen molar-refractivity contribution in [1.82, 2.24) is 15.1 Å². The van der Waals surface area contributed by atoms with Gasteiger partial charge in [0.15, 0.2) is 9.84 Å². The summed E-state index contributed by atoms with van der Waals surface area (Å²) in [5.41, 5.74) is 0.490. The van der Waals surface area contributed by atoms with E-state index in [0.29, 0.717) is 12.1 Å². The average molecular weight is 382 g/mol. The monoisotopic (exact) mass is 381 g/mol.